The number of hydrogen-bond donors (Lipinski definition) is 1. The Hall–Kier alpha value is -1.09. The molecular weight excluding hydrogens is 198 g/mol. The molecule has 0 aliphatic carbocycles. The van der Waals surface area contributed by atoms with E-state index in [4.69, 9.17) is 0 Å². The van der Waals surface area contributed by atoms with Crippen LogP contribution in [-0.2, 0) is 13.1 Å². The van der Waals surface area contributed by atoms with Crippen molar-refractivity contribution >= 4 is 0 Å². The van der Waals surface area contributed by atoms with Crippen LogP contribution in [0.2, 0.25) is 0 Å². The Bertz CT molecular complexity index is 344. The molecule has 1 aromatic rings. The van der Waals surface area contributed by atoms with Gasteiger partial charge in [-0.25, -0.2) is 0 Å². The molecule has 0 atom stereocenters. The van der Waals surface area contributed by atoms with E-state index in [1.54, 1.807) is 0 Å². The summed E-state index contributed by atoms with van der Waals surface area (Å²) >= 11 is 0. The molecule has 0 amide bonds. The van der Waals surface area contributed by atoms with E-state index in [0.717, 1.165) is 19.5 Å². The molecule has 0 unspecified atom stereocenters. The highest BCUT2D eigenvalue weighted by Gasteiger charge is 2.10. The average Bonchev–Trinajstić information content (AvgIpc) is 2.61. The zero-order chi connectivity index (χ0) is 12.2. The van der Waals surface area contributed by atoms with Gasteiger partial charge in [0.05, 0.1) is 12.2 Å². The summed E-state index contributed by atoms with van der Waals surface area (Å²) in [5.74, 6) is 0. The second kappa shape index (κ2) is 5.30. The zero-order valence-corrected chi connectivity index (χ0v) is 10.9. The van der Waals surface area contributed by atoms with Crippen molar-refractivity contribution in [2.75, 3.05) is 0 Å². The van der Waals surface area contributed by atoms with Gasteiger partial charge in [0.15, 0.2) is 0 Å². The molecule has 0 spiro atoms. The van der Waals surface area contributed by atoms with Crippen LogP contribution in [0.25, 0.3) is 0 Å². The molecule has 1 N–H and O–H groups in total. The SMILES string of the molecule is C=C(CC)Cn1nccc1CNC(C)(C)C. The third-order valence-corrected chi connectivity index (χ3v) is 2.48. The smallest absolute Gasteiger partial charge is 0.0620 e. The fourth-order valence-corrected chi connectivity index (χ4v) is 1.33. The van der Waals surface area contributed by atoms with Crippen LogP contribution in [-0.4, -0.2) is 15.3 Å². The van der Waals surface area contributed by atoms with Crippen LogP contribution in [0.3, 0.4) is 0 Å². The van der Waals surface area contributed by atoms with Crippen molar-refractivity contribution in [2.45, 2.75) is 52.7 Å². The topological polar surface area (TPSA) is 29.9 Å². The molecule has 0 saturated heterocycles. The Labute approximate surface area is 98.5 Å². The normalized spacial score (nSPS) is 11.8. The van der Waals surface area contributed by atoms with Gasteiger partial charge in [0.1, 0.15) is 0 Å². The first-order chi connectivity index (χ1) is 7.42. The second-order valence-corrected chi connectivity index (χ2v) is 5.19. The fourth-order valence-electron chi connectivity index (χ4n) is 1.33. The number of nitrogens with one attached hydrogen (secondary N) is 1. The maximum Gasteiger partial charge on any atom is 0.0620 e. The van der Waals surface area contributed by atoms with Crippen LogP contribution < -0.4 is 5.32 Å². The largest absolute Gasteiger partial charge is 0.306 e. The first-order valence-corrected chi connectivity index (χ1v) is 5.84. The van der Waals surface area contributed by atoms with E-state index in [1.165, 1.54) is 11.3 Å². The van der Waals surface area contributed by atoms with Crippen molar-refractivity contribution in [3.05, 3.63) is 30.1 Å². The summed E-state index contributed by atoms with van der Waals surface area (Å²) < 4.78 is 2.02. The van der Waals surface area contributed by atoms with E-state index in [9.17, 15) is 0 Å². The number of rotatable bonds is 5. The van der Waals surface area contributed by atoms with Gasteiger partial charge in [0.25, 0.3) is 0 Å². The molecule has 0 fully saturated rings. The lowest BCUT2D eigenvalue weighted by Gasteiger charge is -2.21. The van der Waals surface area contributed by atoms with Gasteiger partial charge < -0.3 is 5.32 Å². The van der Waals surface area contributed by atoms with Gasteiger partial charge in [0.2, 0.25) is 0 Å². The number of nitrogens with zero attached hydrogens (tertiary/aromatic N) is 2. The molecule has 16 heavy (non-hydrogen) atoms. The number of allylic oxidation sites excluding steroid dienone is 1. The van der Waals surface area contributed by atoms with E-state index in [0.29, 0.717) is 0 Å². The summed E-state index contributed by atoms with van der Waals surface area (Å²) in [6.45, 7) is 14.3. The molecule has 3 nitrogen and oxygen atoms in total. The minimum atomic E-state index is 0.136. The van der Waals surface area contributed by atoms with Crippen molar-refractivity contribution in [2.24, 2.45) is 0 Å². The monoisotopic (exact) mass is 221 g/mol. The van der Waals surface area contributed by atoms with E-state index in [-0.39, 0.29) is 5.54 Å². The molecular formula is C13H23N3. The molecule has 0 radical (unpaired) electrons. The van der Waals surface area contributed by atoms with Gasteiger partial charge in [-0.1, -0.05) is 19.1 Å². The summed E-state index contributed by atoms with van der Waals surface area (Å²) in [4.78, 5) is 0. The lowest BCUT2D eigenvalue weighted by molar-refractivity contribution is 0.413. The highest BCUT2D eigenvalue weighted by atomic mass is 15.3. The fraction of sp³-hybridized carbons (Fsp3) is 0.615. The number of aromatic nitrogens is 2. The van der Waals surface area contributed by atoms with Crippen molar-refractivity contribution in [1.29, 1.82) is 0 Å². The molecule has 1 aromatic heterocycles. The lowest BCUT2D eigenvalue weighted by Crippen LogP contribution is -2.35. The third kappa shape index (κ3) is 4.19. The van der Waals surface area contributed by atoms with Gasteiger partial charge in [-0.2, -0.15) is 5.10 Å². The molecule has 1 rings (SSSR count). The maximum absolute atomic E-state index is 4.32. The van der Waals surface area contributed by atoms with Crippen molar-refractivity contribution in [3.63, 3.8) is 0 Å². The molecule has 90 valence electrons. The highest BCUT2D eigenvalue weighted by molar-refractivity contribution is 5.04. The van der Waals surface area contributed by atoms with Crippen LogP contribution in [0.1, 0.15) is 39.8 Å². The minimum absolute atomic E-state index is 0.136. The molecule has 0 aromatic carbocycles. The minimum Gasteiger partial charge on any atom is -0.306 e. The molecule has 0 aliphatic rings. The Morgan fingerprint density at radius 2 is 2.19 bits per heavy atom. The Morgan fingerprint density at radius 3 is 2.75 bits per heavy atom. The molecule has 0 bridgehead atoms. The quantitative estimate of drug-likeness (QED) is 0.775. The van der Waals surface area contributed by atoms with Gasteiger partial charge in [-0.05, 0) is 33.3 Å². The average molecular weight is 221 g/mol. The summed E-state index contributed by atoms with van der Waals surface area (Å²) in [6.07, 6.45) is 2.86. The first kappa shape index (κ1) is 13.0. The summed E-state index contributed by atoms with van der Waals surface area (Å²) in [7, 11) is 0. The predicted molar refractivity (Wildman–Crippen MR) is 68.3 cm³/mol. The molecule has 3 heteroatoms. The summed E-state index contributed by atoms with van der Waals surface area (Å²) in [5.41, 5.74) is 2.56. The third-order valence-electron chi connectivity index (χ3n) is 2.48. The maximum atomic E-state index is 4.32. The summed E-state index contributed by atoms with van der Waals surface area (Å²) in [6, 6.07) is 2.06. The zero-order valence-electron chi connectivity index (χ0n) is 10.9. The van der Waals surface area contributed by atoms with Gasteiger partial charge in [-0.15, -0.1) is 0 Å². The Balaban J connectivity index is 2.60. The van der Waals surface area contributed by atoms with Crippen LogP contribution in [0.15, 0.2) is 24.4 Å². The summed E-state index contributed by atoms with van der Waals surface area (Å²) in [5, 5.41) is 7.79. The van der Waals surface area contributed by atoms with E-state index in [1.807, 2.05) is 10.9 Å². The first-order valence-electron chi connectivity index (χ1n) is 5.84. The van der Waals surface area contributed by atoms with E-state index in [2.05, 4.69) is 50.8 Å². The van der Waals surface area contributed by atoms with Crippen molar-refractivity contribution in [3.8, 4) is 0 Å². The molecule has 0 saturated carbocycles. The van der Waals surface area contributed by atoms with E-state index >= 15 is 0 Å². The lowest BCUT2D eigenvalue weighted by atomic mass is 10.1. The standard InChI is InChI=1S/C13H23N3/c1-6-11(2)10-16-12(7-8-15-16)9-14-13(3,4)5/h7-8,14H,2,6,9-10H2,1,3-5H3. The molecule has 0 aliphatic heterocycles. The second-order valence-electron chi connectivity index (χ2n) is 5.19. The van der Waals surface area contributed by atoms with Crippen molar-refractivity contribution < 1.29 is 0 Å². The van der Waals surface area contributed by atoms with Crippen LogP contribution in [0.4, 0.5) is 0 Å². The predicted octanol–water partition coefficient (Wildman–Crippen LogP) is 2.74. The Morgan fingerprint density at radius 1 is 1.50 bits per heavy atom. The van der Waals surface area contributed by atoms with E-state index < -0.39 is 0 Å². The van der Waals surface area contributed by atoms with Crippen LogP contribution in [0.5, 0.6) is 0 Å². The van der Waals surface area contributed by atoms with Crippen molar-refractivity contribution in [1.82, 2.24) is 15.1 Å². The number of hydrogen-bond acceptors (Lipinski definition) is 2. The van der Waals surface area contributed by atoms with Gasteiger partial charge >= 0.3 is 0 Å². The highest BCUT2D eigenvalue weighted by Crippen LogP contribution is 2.07. The van der Waals surface area contributed by atoms with Gasteiger partial charge in [0, 0.05) is 18.3 Å². The van der Waals surface area contributed by atoms with Crippen LogP contribution >= 0.6 is 0 Å². The molecule has 1 heterocycles. The van der Waals surface area contributed by atoms with Crippen LogP contribution in [0, 0.1) is 0 Å². The van der Waals surface area contributed by atoms with Gasteiger partial charge in [-0.3, -0.25) is 4.68 Å². The Kier molecular flexibility index (Phi) is 4.30.